The van der Waals surface area contributed by atoms with Crippen LogP contribution in [0.25, 0.3) is 0 Å². The van der Waals surface area contributed by atoms with Crippen molar-refractivity contribution < 1.29 is 19.4 Å². The van der Waals surface area contributed by atoms with Crippen LogP contribution in [0.15, 0.2) is 23.8 Å². The normalized spacial score (nSPS) is 17.4. The molecule has 0 saturated carbocycles. The molecule has 1 unspecified atom stereocenters. The number of nitrogens with zero attached hydrogens (tertiary/aromatic N) is 3. The molecule has 27 heavy (non-hydrogen) atoms. The monoisotopic (exact) mass is 390 g/mol. The van der Waals surface area contributed by atoms with Crippen LogP contribution >= 0.6 is 11.3 Å². The van der Waals surface area contributed by atoms with Crippen LogP contribution in [0.2, 0.25) is 0 Å². The molecule has 1 atom stereocenters. The van der Waals surface area contributed by atoms with Gasteiger partial charge in [-0.2, -0.15) is 0 Å². The summed E-state index contributed by atoms with van der Waals surface area (Å²) in [5.74, 6) is -1.45. The first kappa shape index (κ1) is 19.2. The van der Waals surface area contributed by atoms with Gasteiger partial charge in [0.05, 0.1) is 30.3 Å². The maximum Gasteiger partial charge on any atom is 0.354 e. The van der Waals surface area contributed by atoms with Crippen LogP contribution < -0.4 is 10.2 Å². The highest BCUT2D eigenvalue weighted by Gasteiger charge is 2.25. The number of hydrogen-bond acceptors (Lipinski definition) is 7. The fourth-order valence-corrected chi connectivity index (χ4v) is 3.73. The number of carboxylic acids is 1. The Balaban J connectivity index is 1.60. The smallest absolute Gasteiger partial charge is 0.354 e. The molecule has 2 N–H and O–H groups in total. The van der Waals surface area contributed by atoms with E-state index in [0.29, 0.717) is 32.8 Å². The highest BCUT2D eigenvalue weighted by atomic mass is 32.1. The number of amides is 1. The van der Waals surface area contributed by atoms with Crippen molar-refractivity contribution in [1.82, 2.24) is 15.3 Å². The van der Waals surface area contributed by atoms with E-state index in [1.54, 1.807) is 17.4 Å². The molecule has 8 nitrogen and oxygen atoms in total. The summed E-state index contributed by atoms with van der Waals surface area (Å²) in [6.45, 7) is 4.40. The number of aromatic carboxylic acids is 1. The average Bonchev–Trinajstić information content (AvgIpc) is 2.93. The van der Waals surface area contributed by atoms with Gasteiger partial charge in [0.1, 0.15) is 5.69 Å². The molecule has 3 rings (SSSR count). The van der Waals surface area contributed by atoms with Crippen molar-refractivity contribution in [3.63, 3.8) is 0 Å². The number of anilines is 1. The number of hydrogen-bond donors (Lipinski definition) is 2. The Labute approximate surface area is 161 Å². The fraction of sp³-hybridized carbons (Fsp3) is 0.444. The van der Waals surface area contributed by atoms with Gasteiger partial charge in [0.2, 0.25) is 5.91 Å². The Morgan fingerprint density at radius 2 is 2.30 bits per heavy atom. The largest absolute Gasteiger partial charge is 0.477 e. The predicted molar refractivity (Wildman–Crippen MR) is 101 cm³/mol. The summed E-state index contributed by atoms with van der Waals surface area (Å²) in [5, 5.41) is 12.1. The fourth-order valence-electron chi connectivity index (χ4n) is 2.95. The summed E-state index contributed by atoms with van der Waals surface area (Å²) >= 11 is 1.59. The third-order valence-corrected chi connectivity index (χ3v) is 5.45. The Kier molecular flexibility index (Phi) is 6.36. The van der Waals surface area contributed by atoms with Crippen molar-refractivity contribution >= 4 is 28.9 Å². The summed E-state index contributed by atoms with van der Waals surface area (Å²) in [7, 11) is 0. The topological polar surface area (TPSA) is 105 Å². The molecule has 3 heterocycles. The molecular formula is C18H22N4O4S. The lowest BCUT2D eigenvalue weighted by Crippen LogP contribution is -2.40. The number of carbonyl (C=O) groups excluding carboxylic acids is 1. The molecule has 0 aromatic carbocycles. The Morgan fingerprint density at radius 3 is 3.04 bits per heavy atom. The molecule has 2 aromatic heterocycles. The third-order valence-electron chi connectivity index (χ3n) is 4.46. The van der Waals surface area contributed by atoms with Crippen molar-refractivity contribution in [2.24, 2.45) is 5.92 Å². The van der Waals surface area contributed by atoms with Gasteiger partial charge in [-0.1, -0.05) is 0 Å². The number of thiazole rings is 1. The molecule has 1 fully saturated rings. The SMILES string of the molecule is Cc1ncsc1CCNC(=O)C1COCCN(c2ccnc(C(=O)O)c2)C1. The summed E-state index contributed by atoms with van der Waals surface area (Å²) < 4.78 is 5.59. The standard InChI is InChI=1S/C18H22N4O4S/c1-12-16(27-11-21-12)3-5-20-17(23)13-9-22(6-7-26-10-13)14-2-4-19-15(8-14)18(24)25/h2,4,8,11,13H,3,5-7,9-10H2,1H3,(H,20,23)(H,24,25). The van der Waals surface area contributed by atoms with E-state index in [2.05, 4.69) is 15.3 Å². The van der Waals surface area contributed by atoms with Crippen molar-refractivity contribution in [3.8, 4) is 0 Å². The van der Waals surface area contributed by atoms with E-state index < -0.39 is 5.97 Å². The maximum absolute atomic E-state index is 12.6. The van der Waals surface area contributed by atoms with Gasteiger partial charge in [-0.15, -0.1) is 11.3 Å². The van der Waals surface area contributed by atoms with Crippen LogP contribution in [0.3, 0.4) is 0 Å². The molecular weight excluding hydrogens is 368 g/mol. The van der Waals surface area contributed by atoms with Crippen LogP contribution in [0.5, 0.6) is 0 Å². The van der Waals surface area contributed by atoms with Crippen LogP contribution in [0.1, 0.15) is 21.1 Å². The van der Waals surface area contributed by atoms with E-state index in [0.717, 1.165) is 17.8 Å². The highest BCUT2D eigenvalue weighted by molar-refractivity contribution is 7.09. The van der Waals surface area contributed by atoms with Crippen LogP contribution in [0, 0.1) is 12.8 Å². The highest BCUT2D eigenvalue weighted by Crippen LogP contribution is 2.19. The molecule has 144 valence electrons. The average molecular weight is 390 g/mol. The van der Waals surface area contributed by atoms with Gasteiger partial charge in [0, 0.05) is 42.8 Å². The van der Waals surface area contributed by atoms with E-state index in [-0.39, 0.29) is 17.5 Å². The lowest BCUT2D eigenvalue weighted by atomic mass is 10.1. The van der Waals surface area contributed by atoms with Gasteiger partial charge in [0.25, 0.3) is 0 Å². The van der Waals surface area contributed by atoms with Gasteiger partial charge >= 0.3 is 5.97 Å². The minimum atomic E-state index is -1.07. The molecule has 1 aliphatic rings. The molecule has 0 bridgehead atoms. The number of ether oxygens (including phenoxy) is 1. The van der Waals surface area contributed by atoms with Crippen LogP contribution in [-0.2, 0) is 16.0 Å². The number of carbonyl (C=O) groups is 2. The quantitative estimate of drug-likeness (QED) is 0.767. The zero-order valence-electron chi connectivity index (χ0n) is 15.1. The zero-order valence-corrected chi connectivity index (χ0v) is 15.9. The van der Waals surface area contributed by atoms with Crippen LogP contribution in [-0.4, -0.2) is 59.8 Å². The number of aromatic nitrogens is 2. The van der Waals surface area contributed by atoms with E-state index in [1.807, 2.05) is 17.3 Å². The summed E-state index contributed by atoms with van der Waals surface area (Å²) in [6.07, 6.45) is 2.23. The summed E-state index contributed by atoms with van der Waals surface area (Å²) in [5.41, 5.74) is 3.53. The molecule has 9 heteroatoms. The molecule has 0 spiro atoms. The lowest BCUT2D eigenvalue weighted by molar-refractivity contribution is -0.126. The van der Waals surface area contributed by atoms with Gasteiger partial charge in [-0.3, -0.25) is 4.79 Å². The first-order valence-electron chi connectivity index (χ1n) is 8.73. The maximum atomic E-state index is 12.6. The second kappa shape index (κ2) is 8.92. The second-order valence-corrected chi connectivity index (χ2v) is 7.26. The van der Waals surface area contributed by atoms with E-state index in [4.69, 9.17) is 9.84 Å². The predicted octanol–water partition coefficient (Wildman–Crippen LogP) is 1.36. The van der Waals surface area contributed by atoms with E-state index in [9.17, 15) is 9.59 Å². The van der Waals surface area contributed by atoms with Gasteiger partial charge in [-0.25, -0.2) is 14.8 Å². The first-order valence-corrected chi connectivity index (χ1v) is 9.61. The summed E-state index contributed by atoms with van der Waals surface area (Å²) in [6, 6.07) is 3.27. The van der Waals surface area contributed by atoms with E-state index in [1.165, 1.54) is 17.1 Å². The van der Waals surface area contributed by atoms with Gasteiger partial charge in [-0.05, 0) is 19.1 Å². The molecule has 2 aromatic rings. The molecule has 1 aliphatic heterocycles. The van der Waals surface area contributed by atoms with Crippen molar-refractivity contribution in [3.05, 3.63) is 40.1 Å². The molecule has 1 amide bonds. The number of pyridine rings is 1. The number of rotatable bonds is 6. The summed E-state index contributed by atoms with van der Waals surface area (Å²) in [4.78, 5) is 34.9. The number of nitrogens with one attached hydrogen (secondary N) is 1. The number of aryl methyl sites for hydroxylation is 1. The minimum absolute atomic E-state index is 0.0152. The van der Waals surface area contributed by atoms with Gasteiger partial charge in [0.15, 0.2) is 0 Å². The molecule has 0 aliphatic carbocycles. The van der Waals surface area contributed by atoms with Crippen molar-refractivity contribution in [2.45, 2.75) is 13.3 Å². The van der Waals surface area contributed by atoms with Crippen molar-refractivity contribution in [2.75, 3.05) is 37.7 Å². The Morgan fingerprint density at radius 1 is 1.44 bits per heavy atom. The third kappa shape index (κ3) is 5.01. The zero-order chi connectivity index (χ0) is 19.2. The lowest BCUT2D eigenvalue weighted by Gasteiger charge is -2.25. The Bertz CT molecular complexity index is 810. The minimum Gasteiger partial charge on any atom is -0.477 e. The Hall–Kier alpha value is -2.52. The van der Waals surface area contributed by atoms with Crippen LogP contribution in [0.4, 0.5) is 5.69 Å². The molecule has 0 radical (unpaired) electrons. The van der Waals surface area contributed by atoms with Gasteiger partial charge < -0.3 is 20.1 Å². The number of carboxylic acid groups (broad SMARTS) is 1. The second-order valence-electron chi connectivity index (χ2n) is 6.32. The molecule has 1 saturated heterocycles. The first-order chi connectivity index (χ1) is 13.0. The van der Waals surface area contributed by atoms with Crippen molar-refractivity contribution in [1.29, 1.82) is 0 Å². The van der Waals surface area contributed by atoms with E-state index >= 15 is 0 Å².